The summed E-state index contributed by atoms with van der Waals surface area (Å²) in [6, 6.07) is 2.37. The maximum Gasteiger partial charge on any atom is 0.292 e. The molecule has 1 aliphatic carbocycles. The summed E-state index contributed by atoms with van der Waals surface area (Å²) >= 11 is 0. The first-order valence-corrected chi connectivity index (χ1v) is 10.1. The van der Waals surface area contributed by atoms with Crippen LogP contribution in [-0.4, -0.2) is 65.3 Å². The van der Waals surface area contributed by atoms with Crippen LogP contribution in [0.1, 0.15) is 62.9 Å². The van der Waals surface area contributed by atoms with Crippen LogP contribution in [-0.2, 0) is 4.74 Å². The second-order valence-electron chi connectivity index (χ2n) is 8.61. The first-order chi connectivity index (χ1) is 12.5. The Labute approximate surface area is 155 Å². The lowest BCUT2D eigenvalue weighted by molar-refractivity contribution is -0.0897. The standard InChI is InChI=1S/C20H31N3O3/c1-15-13-23(14-16(2)25-15)17-3-6-20(7-4-17)8-11-22(12-9-20)19(24)18-5-10-21-26-18/h5,10,15-17H,3-4,6-9,11-14H2,1-2H3/t15-,16+. The molecule has 3 heterocycles. The monoisotopic (exact) mass is 361 g/mol. The minimum Gasteiger partial charge on any atom is -0.373 e. The largest absolute Gasteiger partial charge is 0.373 e. The van der Waals surface area contributed by atoms with Crippen molar-refractivity contribution in [3.05, 3.63) is 18.0 Å². The van der Waals surface area contributed by atoms with Gasteiger partial charge in [-0.05, 0) is 57.8 Å². The van der Waals surface area contributed by atoms with E-state index in [1.165, 1.54) is 31.9 Å². The van der Waals surface area contributed by atoms with E-state index in [2.05, 4.69) is 23.9 Å². The first-order valence-electron chi connectivity index (χ1n) is 10.1. The van der Waals surface area contributed by atoms with Crippen molar-refractivity contribution in [3.8, 4) is 0 Å². The molecule has 1 amide bonds. The van der Waals surface area contributed by atoms with Gasteiger partial charge in [0.25, 0.3) is 5.91 Å². The van der Waals surface area contributed by atoms with Gasteiger partial charge in [-0.15, -0.1) is 0 Å². The van der Waals surface area contributed by atoms with Crippen LogP contribution in [0.15, 0.2) is 16.8 Å². The Balaban J connectivity index is 1.29. The SMILES string of the molecule is C[C@@H]1CN(C2CCC3(CC2)CCN(C(=O)c2ccno2)CC3)C[C@H](C)O1. The molecule has 2 atom stereocenters. The zero-order valence-corrected chi connectivity index (χ0v) is 16.0. The van der Waals surface area contributed by atoms with E-state index in [1.54, 1.807) is 6.07 Å². The average Bonchev–Trinajstić information content (AvgIpc) is 3.16. The van der Waals surface area contributed by atoms with E-state index >= 15 is 0 Å². The molecule has 0 unspecified atom stereocenters. The summed E-state index contributed by atoms with van der Waals surface area (Å²) in [4.78, 5) is 17.0. The predicted molar refractivity (Wildman–Crippen MR) is 97.9 cm³/mol. The van der Waals surface area contributed by atoms with E-state index < -0.39 is 0 Å². The van der Waals surface area contributed by atoms with E-state index in [0.717, 1.165) is 39.0 Å². The van der Waals surface area contributed by atoms with Crippen molar-refractivity contribution >= 4 is 5.91 Å². The van der Waals surface area contributed by atoms with E-state index in [-0.39, 0.29) is 5.91 Å². The number of nitrogens with zero attached hydrogens (tertiary/aromatic N) is 3. The lowest BCUT2D eigenvalue weighted by atomic mass is 9.66. The van der Waals surface area contributed by atoms with Gasteiger partial charge < -0.3 is 14.2 Å². The Morgan fingerprint density at radius 1 is 1.12 bits per heavy atom. The van der Waals surface area contributed by atoms with Gasteiger partial charge in [0.1, 0.15) is 0 Å². The molecular formula is C20H31N3O3. The van der Waals surface area contributed by atoms with Gasteiger partial charge >= 0.3 is 0 Å². The molecule has 144 valence electrons. The van der Waals surface area contributed by atoms with Gasteiger partial charge in [-0.2, -0.15) is 0 Å². The molecule has 0 bridgehead atoms. The molecule has 1 aromatic rings. The van der Waals surface area contributed by atoms with Gasteiger partial charge in [0.15, 0.2) is 0 Å². The van der Waals surface area contributed by atoms with Gasteiger partial charge in [-0.25, -0.2) is 0 Å². The molecule has 26 heavy (non-hydrogen) atoms. The Bertz CT molecular complexity index is 590. The van der Waals surface area contributed by atoms with Crippen molar-refractivity contribution in [1.29, 1.82) is 0 Å². The Kier molecular flexibility index (Phi) is 5.06. The van der Waals surface area contributed by atoms with Crippen LogP contribution >= 0.6 is 0 Å². The van der Waals surface area contributed by atoms with Crippen molar-refractivity contribution in [2.24, 2.45) is 5.41 Å². The number of carbonyl (C=O) groups is 1. The van der Waals surface area contributed by atoms with Gasteiger partial charge in [0.2, 0.25) is 5.76 Å². The van der Waals surface area contributed by atoms with Gasteiger partial charge in [0.05, 0.1) is 18.4 Å². The molecule has 2 saturated heterocycles. The maximum absolute atomic E-state index is 12.4. The van der Waals surface area contributed by atoms with Gasteiger partial charge in [-0.1, -0.05) is 5.16 Å². The highest BCUT2D eigenvalue weighted by Crippen LogP contribution is 2.46. The van der Waals surface area contributed by atoms with Crippen LogP contribution in [0, 0.1) is 5.41 Å². The third-order valence-corrected chi connectivity index (χ3v) is 6.74. The molecular weight excluding hydrogens is 330 g/mol. The fourth-order valence-electron chi connectivity index (χ4n) is 5.26. The van der Waals surface area contributed by atoms with Crippen LogP contribution in [0.25, 0.3) is 0 Å². The second kappa shape index (κ2) is 7.31. The number of amides is 1. The molecule has 1 spiro atoms. The summed E-state index contributed by atoms with van der Waals surface area (Å²) in [5.74, 6) is 0.350. The Morgan fingerprint density at radius 2 is 1.77 bits per heavy atom. The molecule has 4 rings (SSSR count). The zero-order chi connectivity index (χ0) is 18.1. The van der Waals surface area contributed by atoms with E-state index in [1.807, 2.05) is 4.90 Å². The average molecular weight is 361 g/mol. The maximum atomic E-state index is 12.4. The molecule has 0 radical (unpaired) electrons. The van der Waals surface area contributed by atoms with E-state index in [0.29, 0.717) is 29.4 Å². The second-order valence-corrected chi connectivity index (χ2v) is 8.61. The van der Waals surface area contributed by atoms with E-state index in [9.17, 15) is 4.79 Å². The number of carbonyl (C=O) groups excluding carboxylic acids is 1. The van der Waals surface area contributed by atoms with Crippen LogP contribution in [0.2, 0.25) is 0 Å². The molecule has 0 N–H and O–H groups in total. The number of ether oxygens (including phenoxy) is 1. The number of aromatic nitrogens is 1. The summed E-state index contributed by atoms with van der Waals surface area (Å²) < 4.78 is 10.9. The highest BCUT2D eigenvalue weighted by molar-refractivity contribution is 5.91. The van der Waals surface area contributed by atoms with Crippen molar-refractivity contribution in [2.45, 2.75) is 70.6 Å². The molecule has 0 aromatic carbocycles. The summed E-state index contributed by atoms with van der Waals surface area (Å²) in [6.07, 6.45) is 9.63. The van der Waals surface area contributed by atoms with Crippen LogP contribution in [0.4, 0.5) is 0 Å². The lowest BCUT2D eigenvalue weighted by Gasteiger charge is -2.49. The summed E-state index contributed by atoms with van der Waals surface area (Å²) in [6.45, 7) is 8.21. The first kappa shape index (κ1) is 18.0. The highest BCUT2D eigenvalue weighted by Gasteiger charge is 2.41. The molecule has 6 heteroatoms. The molecule has 3 aliphatic rings. The zero-order valence-electron chi connectivity index (χ0n) is 16.0. The molecule has 6 nitrogen and oxygen atoms in total. The van der Waals surface area contributed by atoms with Crippen LogP contribution in [0.5, 0.6) is 0 Å². The fraction of sp³-hybridized carbons (Fsp3) is 0.800. The fourth-order valence-corrected chi connectivity index (χ4v) is 5.26. The number of hydrogen-bond donors (Lipinski definition) is 0. The van der Waals surface area contributed by atoms with E-state index in [4.69, 9.17) is 9.26 Å². The summed E-state index contributed by atoms with van der Waals surface area (Å²) in [5, 5.41) is 3.65. The van der Waals surface area contributed by atoms with Crippen molar-refractivity contribution in [3.63, 3.8) is 0 Å². The van der Waals surface area contributed by atoms with Gasteiger partial charge in [-0.3, -0.25) is 9.69 Å². The number of hydrogen-bond acceptors (Lipinski definition) is 5. The number of piperidine rings is 1. The normalized spacial score (nSPS) is 30.6. The smallest absolute Gasteiger partial charge is 0.292 e. The highest BCUT2D eigenvalue weighted by atomic mass is 16.5. The lowest BCUT2D eigenvalue weighted by Crippen LogP contribution is -2.52. The minimum absolute atomic E-state index is 0.0117. The number of likely N-dealkylation sites (tertiary alicyclic amines) is 1. The topological polar surface area (TPSA) is 58.8 Å². The molecule has 2 aliphatic heterocycles. The Hall–Kier alpha value is -1.40. The number of morpholine rings is 1. The van der Waals surface area contributed by atoms with Crippen LogP contribution in [0.3, 0.4) is 0 Å². The van der Waals surface area contributed by atoms with Crippen LogP contribution < -0.4 is 0 Å². The van der Waals surface area contributed by atoms with Crippen molar-refractivity contribution in [2.75, 3.05) is 26.2 Å². The molecule has 3 fully saturated rings. The molecule has 1 aromatic heterocycles. The van der Waals surface area contributed by atoms with Crippen molar-refractivity contribution < 1.29 is 14.1 Å². The number of rotatable bonds is 2. The third-order valence-electron chi connectivity index (χ3n) is 6.74. The Morgan fingerprint density at radius 3 is 2.35 bits per heavy atom. The summed E-state index contributed by atoms with van der Waals surface area (Å²) in [5.41, 5.74) is 0.443. The predicted octanol–water partition coefficient (Wildman–Crippen LogP) is 2.95. The minimum atomic E-state index is -0.0117. The summed E-state index contributed by atoms with van der Waals surface area (Å²) in [7, 11) is 0. The molecule has 1 saturated carbocycles. The quantitative estimate of drug-likeness (QED) is 0.811. The van der Waals surface area contributed by atoms with Gasteiger partial charge in [0, 0.05) is 38.3 Å². The van der Waals surface area contributed by atoms with Crippen molar-refractivity contribution in [1.82, 2.24) is 15.0 Å². The third kappa shape index (κ3) is 3.67.